The third-order valence-corrected chi connectivity index (χ3v) is 4.62. The number of rotatable bonds is 4. The van der Waals surface area contributed by atoms with Crippen molar-refractivity contribution in [1.82, 2.24) is 5.32 Å². The van der Waals surface area contributed by atoms with Gasteiger partial charge in [0.25, 0.3) is 6.43 Å². The second-order valence-electron chi connectivity index (χ2n) is 4.50. The predicted molar refractivity (Wildman–Crippen MR) is 68.2 cm³/mol. The smallest absolute Gasteiger partial charge is 0.277 e. The van der Waals surface area contributed by atoms with E-state index < -0.39 is 18.1 Å². The SMILES string of the molecule is CNC(C)C(F)(c1ccc2c(c1)SCC2)C(F)F. The molecule has 2 rings (SSSR count). The van der Waals surface area contributed by atoms with Crippen molar-refractivity contribution < 1.29 is 13.2 Å². The van der Waals surface area contributed by atoms with Gasteiger partial charge in [0.2, 0.25) is 5.67 Å². The van der Waals surface area contributed by atoms with Gasteiger partial charge in [-0.05, 0) is 37.6 Å². The summed E-state index contributed by atoms with van der Waals surface area (Å²) in [4.78, 5) is 0.929. The summed E-state index contributed by atoms with van der Waals surface area (Å²) in [5.41, 5.74) is -1.46. The number of benzene rings is 1. The molecule has 2 atom stereocenters. The summed E-state index contributed by atoms with van der Waals surface area (Å²) in [7, 11) is 1.49. The van der Waals surface area contributed by atoms with Crippen LogP contribution >= 0.6 is 11.8 Å². The molecule has 0 radical (unpaired) electrons. The minimum Gasteiger partial charge on any atom is -0.314 e. The maximum Gasteiger partial charge on any atom is 0.277 e. The first-order valence-corrected chi connectivity index (χ1v) is 6.89. The zero-order chi connectivity index (χ0) is 13.3. The second kappa shape index (κ2) is 5.13. The zero-order valence-electron chi connectivity index (χ0n) is 10.3. The van der Waals surface area contributed by atoms with Crippen LogP contribution in [-0.2, 0) is 12.1 Å². The monoisotopic (exact) mass is 275 g/mol. The second-order valence-corrected chi connectivity index (χ2v) is 5.64. The fraction of sp³-hybridized carbons (Fsp3) is 0.538. The van der Waals surface area contributed by atoms with Crippen LogP contribution in [0.25, 0.3) is 0 Å². The van der Waals surface area contributed by atoms with Crippen LogP contribution < -0.4 is 5.32 Å². The summed E-state index contributed by atoms with van der Waals surface area (Å²) >= 11 is 1.60. The summed E-state index contributed by atoms with van der Waals surface area (Å²) < 4.78 is 41.0. The van der Waals surface area contributed by atoms with Crippen molar-refractivity contribution in [2.45, 2.75) is 36.4 Å². The van der Waals surface area contributed by atoms with Crippen molar-refractivity contribution >= 4 is 11.8 Å². The molecule has 0 aromatic heterocycles. The van der Waals surface area contributed by atoms with Gasteiger partial charge in [-0.1, -0.05) is 12.1 Å². The van der Waals surface area contributed by atoms with E-state index in [1.165, 1.54) is 20.0 Å². The molecule has 1 aliphatic heterocycles. The standard InChI is InChI=1S/C13H16F3NS/c1-8(17-2)13(16,12(14)15)10-4-3-9-5-6-18-11(9)7-10/h3-4,7-8,12,17H,5-6H2,1-2H3. The Kier molecular flexibility index (Phi) is 3.92. The van der Waals surface area contributed by atoms with Gasteiger partial charge in [0.05, 0.1) is 0 Å². The highest BCUT2D eigenvalue weighted by Gasteiger charge is 2.47. The summed E-state index contributed by atoms with van der Waals surface area (Å²) in [6.45, 7) is 1.44. The first kappa shape index (κ1) is 13.7. The van der Waals surface area contributed by atoms with E-state index in [2.05, 4.69) is 5.32 Å². The van der Waals surface area contributed by atoms with Crippen LogP contribution in [0.4, 0.5) is 13.2 Å². The van der Waals surface area contributed by atoms with Crippen molar-refractivity contribution in [2.75, 3.05) is 12.8 Å². The Bertz CT molecular complexity index is 438. The van der Waals surface area contributed by atoms with Crippen LogP contribution in [0.2, 0.25) is 0 Å². The van der Waals surface area contributed by atoms with Crippen molar-refractivity contribution in [2.24, 2.45) is 0 Å². The largest absolute Gasteiger partial charge is 0.314 e. The van der Waals surface area contributed by atoms with Crippen LogP contribution in [0.3, 0.4) is 0 Å². The van der Waals surface area contributed by atoms with Gasteiger partial charge in [0.1, 0.15) is 0 Å². The highest BCUT2D eigenvalue weighted by molar-refractivity contribution is 7.99. The molecule has 18 heavy (non-hydrogen) atoms. The number of fused-ring (bicyclic) bond motifs is 1. The molecule has 1 aromatic carbocycles. The minimum absolute atomic E-state index is 0.0625. The van der Waals surface area contributed by atoms with E-state index in [-0.39, 0.29) is 5.56 Å². The average Bonchev–Trinajstić information content (AvgIpc) is 2.83. The molecular weight excluding hydrogens is 259 g/mol. The molecule has 100 valence electrons. The lowest BCUT2D eigenvalue weighted by molar-refractivity contribution is -0.0590. The maximum atomic E-state index is 14.7. The van der Waals surface area contributed by atoms with E-state index in [9.17, 15) is 13.2 Å². The van der Waals surface area contributed by atoms with Crippen LogP contribution in [0.1, 0.15) is 18.1 Å². The number of alkyl halides is 3. The lowest BCUT2D eigenvalue weighted by Gasteiger charge is -2.31. The van der Waals surface area contributed by atoms with Gasteiger partial charge in [-0.3, -0.25) is 0 Å². The number of aryl methyl sites for hydroxylation is 1. The number of hydrogen-bond donors (Lipinski definition) is 1. The first-order chi connectivity index (χ1) is 8.50. The topological polar surface area (TPSA) is 12.0 Å². The lowest BCUT2D eigenvalue weighted by Crippen LogP contribution is -2.47. The Labute approximate surface area is 109 Å². The molecule has 0 saturated heterocycles. The Morgan fingerprint density at radius 3 is 2.72 bits per heavy atom. The summed E-state index contributed by atoms with van der Waals surface area (Å²) in [5.74, 6) is 0.939. The Balaban J connectivity index is 2.43. The van der Waals surface area contributed by atoms with Gasteiger partial charge in [-0.15, -0.1) is 11.8 Å². The molecule has 0 spiro atoms. The quantitative estimate of drug-likeness (QED) is 0.904. The number of hydrogen-bond acceptors (Lipinski definition) is 2. The van der Waals surface area contributed by atoms with Gasteiger partial charge in [-0.25, -0.2) is 13.2 Å². The first-order valence-electron chi connectivity index (χ1n) is 5.90. The van der Waals surface area contributed by atoms with Gasteiger partial charge in [-0.2, -0.15) is 0 Å². The van der Waals surface area contributed by atoms with Crippen molar-refractivity contribution in [3.8, 4) is 0 Å². The lowest BCUT2D eigenvalue weighted by atomic mass is 9.88. The highest BCUT2D eigenvalue weighted by Crippen LogP contribution is 2.40. The van der Waals surface area contributed by atoms with Crippen LogP contribution in [0.15, 0.2) is 23.1 Å². The van der Waals surface area contributed by atoms with E-state index in [1.54, 1.807) is 23.9 Å². The fourth-order valence-corrected chi connectivity index (χ4v) is 3.29. The van der Waals surface area contributed by atoms with Crippen molar-refractivity contribution in [1.29, 1.82) is 0 Å². The summed E-state index contributed by atoms with van der Waals surface area (Å²) in [5, 5.41) is 2.59. The number of likely N-dealkylation sites (N-methyl/N-ethyl adjacent to an activating group) is 1. The van der Waals surface area contributed by atoms with Gasteiger partial charge in [0, 0.05) is 16.7 Å². The third-order valence-electron chi connectivity index (χ3n) is 3.52. The van der Waals surface area contributed by atoms with Crippen molar-refractivity contribution in [3.63, 3.8) is 0 Å². The Morgan fingerprint density at radius 2 is 2.11 bits per heavy atom. The Morgan fingerprint density at radius 1 is 1.39 bits per heavy atom. The molecule has 0 fully saturated rings. The van der Waals surface area contributed by atoms with Crippen LogP contribution in [-0.4, -0.2) is 25.3 Å². The molecule has 1 N–H and O–H groups in total. The zero-order valence-corrected chi connectivity index (χ0v) is 11.2. The van der Waals surface area contributed by atoms with E-state index in [0.29, 0.717) is 0 Å². The fourth-order valence-electron chi connectivity index (χ4n) is 2.18. The molecule has 0 saturated carbocycles. The third kappa shape index (κ3) is 2.14. The molecule has 1 aromatic rings. The predicted octanol–water partition coefficient (Wildman–Crippen LogP) is 3.37. The molecule has 2 unspecified atom stereocenters. The number of halogens is 3. The van der Waals surface area contributed by atoms with E-state index >= 15 is 0 Å². The molecule has 1 aliphatic rings. The minimum atomic E-state index is -3.05. The molecule has 1 nitrogen and oxygen atoms in total. The molecule has 0 aliphatic carbocycles. The maximum absolute atomic E-state index is 14.7. The number of thioether (sulfide) groups is 1. The Hall–Kier alpha value is -0.680. The number of nitrogens with one attached hydrogen (secondary N) is 1. The van der Waals surface area contributed by atoms with Crippen LogP contribution in [0.5, 0.6) is 0 Å². The normalized spacial score (nSPS) is 19.7. The summed E-state index contributed by atoms with van der Waals surface area (Å²) in [6, 6.07) is 3.89. The van der Waals surface area contributed by atoms with Gasteiger partial charge in [0.15, 0.2) is 0 Å². The molecular formula is C13H16F3NS. The molecule has 0 amide bonds. The van der Waals surface area contributed by atoms with Gasteiger partial charge >= 0.3 is 0 Å². The van der Waals surface area contributed by atoms with E-state index in [0.717, 1.165) is 22.6 Å². The molecule has 5 heteroatoms. The average molecular weight is 275 g/mol. The van der Waals surface area contributed by atoms with E-state index in [1.807, 2.05) is 0 Å². The van der Waals surface area contributed by atoms with Gasteiger partial charge < -0.3 is 5.32 Å². The highest BCUT2D eigenvalue weighted by atomic mass is 32.2. The van der Waals surface area contributed by atoms with Crippen LogP contribution in [0, 0.1) is 0 Å². The molecule has 1 heterocycles. The van der Waals surface area contributed by atoms with E-state index in [4.69, 9.17) is 0 Å². The summed E-state index contributed by atoms with van der Waals surface area (Å²) in [6.07, 6.45) is -2.13. The van der Waals surface area contributed by atoms with Crippen molar-refractivity contribution in [3.05, 3.63) is 29.3 Å². The molecule has 0 bridgehead atoms.